The summed E-state index contributed by atoms with van der Waals surface area (Å²) in [5, 5.41) is 3.41. The number of terminal acetylenes is 1. The minimum absolute atomic E-state index is 0.0507. The molecule has 0 aliphatic carbocycles. The minimum atomic E-state index is 0.0507. The number of hydrogen-bond acceptors (Lipinski definition) is 3. The maximum absolute atomic E-state index is 5.85. The summed E-state index contributed by atoms with van der Waals surface area (Å²) in [6.07, 6.45) is 7.53. The summed E-state index contributed by atoms with van der Waals surface area (Å²) < 4.78 is 6.14. The van der Waals surface area contributed by atoms with Gasteiger partial charge in [-0.1, -0.05) is 25.3 Å². The molecule has 1 rings (SSSR count). The van der Waals surface area contributed by atoms with Gasteiger partial charge in [0.15, 0.2) is 0 Å². The van der Waals surface area contributed by atoms with Crippen LogP contribution < -0.4 is 15.8 Å². The van der Waals surface area contributed by atoms with E-state index in [1.165, 1.54) is 0 Å². The second-order valence-electron chi connectivity index (χ2n) is 4.36. The third kappa shape index (κ3) is 4.54. The molecule has 19 heavy (non-hydrogen) atoms. The molecule has 0 saturated heterocycles. The molecule has 0 bridgehead atoms. The number of rotatable bonds is 7. The number of hydrogen-bond donors (Lipinski definition) is 2. The molecule has 2 unspecified atom stereocenters. The van der Waals surface area contributed by atoms with Crippen molar-refractivity contribution in [2.24, 2.45) is 5.73 Å². The summed E-state index contributed by atoms with van der Waals surface area (Å²) in [7, 11) is 1.65. The van der Waals surface area contributed by atoms with Crippen molar-refractivity contribution in [3.8, 4) is 18.1 Å². The number of halogens is 1. The average Bonchev–Trinajstić information content (AvgIpc) is 2.43. The second-order valence-corrected chi connectivity index (χ2v) is 5.21. The first-order chi connectivity index (χ1) is 9.15. The highest BCUT2D eigenvalue weighted by molar-refractivity contribution is 9.10. The van der Waals surface area contributed by atoms with E-state index in [0.29, 0.717) is 6.54 Å². The number of nitrogens with two attached hydrogens (primary N) is 1. The van der Waals surface area contributed by atoms with E-state index >= 15 is 0 Å². The normalized spacial score (nSPS) is 13.6. The highest BCUT2D eigenvalue weighted by atomic mass is 79.9. The van der Waals surface area contributed by atoms with Crippen LogP contribution in [0.25, 0.3) is 0 Å². The van der Waals surface area contributed by atoms with Crippen LogP contribution in [0, 0.1) is 12.3 Å². The highest BCUT2D eigenvalue weighted by Gasteiger charge is 2.15. The van der Waals surface area contributed by atoms with E-state index in [1.54, 1.807) is 7.11 Å². The van der Waals surface area contributed by atoms with Gasteiger partial charge < -0.3 is 10.5 Å². The van der Waals surface area contributed by atoms with Gasteiger partial charge in [-0.2, -0.15) is 0 Å². The topological polar surface area (TPSA) is 47.3 Å². The zero-order valence-electron chi connectivity index (χ0n) is 11.4. The smallest absolute Gasteiger partial charge is 0.133 e. The first-order valence-corrected chi connectivity index (χ1v) is 7.21. The number of benzene rings is 1. The molecule has 4 heteroatoms. The molecule has 0 saturated carbocycles. The molecule has 0 aromatic heterocycles. The third-order valence-electron chi connectivity index (χ3n) is 2.99. The summed E-state index contributed by atoms with van der Waals surface area (Å²) in [6.45, 7) is 2.62. The Kier molecular flexibility index (Phi) is 6.93. The molecular weight excluding hydrogens is 304 g/mol. The van der Waals surface area contributed by atoms with Gasteiger partial charge in [-0.05, 0) is 40.0 Å². The van der Waals surface area contributed by atoms with Crippen LogP contribution in [0.1, 0.15) is 31.4 Å². The molecular formula is C15H21BrN2O. The minimum Gasteiger partial charge on any atom is -0.496 e. The highest BCUT2D eigenvalue weighted by Crippen LogP contribution is 2.28. The van der Waals surface area contributed by atoms with Crippen LogP contribution in [0.2, 0.25) is 0 Å². The van der Waals surface area contributed by atoms with E-state index in [4.69, 9.17) is 16.9 Å². The van der Waals surface area contributed by atoms with Gasteiger partial charge in [0.05, 0.1) is 17.6 Å². The van der Waals surface area contributed by atoms with Crippen molar-refractivity contribution in [3.63, 3.8) is 0 Å². The van der Waals surface area contributed by atoms with Gasteiger partial charge in [-0.15, -0.1) is 6.42 Å². The quantitative estimate of drug-likeness (QED) is 0.758. The molecule has 0 fully saturated rings. The van der Waals surface area contributed by atoms with Gasteiger partial charge in [-0.3, -0.25) is 5.32 Å². The molecule has 2 atom stereocenters. The molecule has 0 spiro atoms. The Morgan fingerprint density at radius 2 is 2.26 bits per heavy atom. The van der Waals surface area contributed by atoms with E-state index in [9.17, 15) is 0 Å². The van der Waals surface area contributed by atoms with Gasteiger partial charge in [0.2, 0.25) is 0 Å². The molecule has 104 valence electrons. The Bertz CT molecular complexity index is 442. The Labute approximate surface area is 124 Å². The van der Waals surface area contributed by atoms with Crippen molar-refractivity contribution in [2.75, 3.05) is 13.7 Å². The lowest BCUT2D eigenvalue weighted by atomic mass is 10.0. The summed E-state index contributed by atoms with van der Waals surface area (Å²) >= 11 is 3.48. The standard InChI is InChI=1S/C15H21BrN2O/c1-4-6-12(5-2)18-14(10-17)11-7-8-15(19-3)13(16)9-11/h2,7-9,12,14,18H,4,6,10,17H2,1,3H3. The zero-order valence-corrected chi connectivity index (χ0v) is 13.0. The van der Waals surface area contributed by atoms with Gasteiger partial charge >= 0.3 is 0 Å². The van der Waals surface area contributed by atoms with Crippen molar-refractivity contribution < 1.29 is 4.74 Å². The van der Waals surface area contributed by atoms with Crippen molar-refractivity contribution in [1.29, 1.82) is 0 Å². The zero-order chi connectivity index (χ0) is 14.3. The van der Waals surface area contributed by atoms with E-state index in [-0.39, 0.29) is 12.1 Å². The van der Waals surface area contributed by atoms with Gasteiger partial charge in [0, 0.05) is 12.6 Å². The lowest BCUT2D eigenvalue weighted by molar-refractivity contribution is 0.411. The van der Waals surface area contributed by atoms with Crippen LogP contribution in [0.4, 0.5) is 0 Å². The van der Waals surface area contributed by atoms with Gasteiger partial charge in [0.1, 0.15) is 5.75 Å². The summed E-state index contributed by atoms with van der Waals surface area (Å²) in [5.41, 5.74) is 6.95. The summed E-state index contributed by atoms with van der Waals surface area (Å²) in [4.78, 5) is 0. The van der Waals surface area contributed by atoms with E-state index in [0.717, 1.165) is 28.6 Å². The summed E-state index contributed by atoms with van der Waals surface area (Å²) in [6, 6.07) is 6.06. The van der Waals surface area contributed by atoms with E-state index < -0.39 is 0 Å². The largest absolute Gasteiger partial charge is 0.496 e. The molecule has 3 nitrogen and oxygen atoms in total. The maximum atomic E-state index is 5.85. The first kappa shape index (κ1) is 16.0. The molecule has 0 heterocycles. The van der Waals surface area contributed by atoms with Crippen molar-refractivity contribution in [1.82, 2.24) is 5.32 Å². The number of methoxy groups -OCH3 is 1. The average molecular weight is 325 g/mol. The Balaban J connectivity index is 2.85. The Morgan fingerprint density at radius 3 is 2.74 bits per heavy atom. The predicted octanol–water partition coefficient (Wildman–Crippen LogP) is 2.85. The fourth-order valence-electron chi connectivity index (χ4n) is 1.95. The molecule has 1 aromatic rings. The molecule has 0 aliphatic heterocycles. The Morgan fingerprint density at radius 1 is 1.53 bits per heavy atom. The van der Waals surface area contributed by atoms with Crippen molar-refractivity contribution in [2.45, 2.75) is 31.8 Å². The number of nitrogens with one attached hydrogen (secondary N) is 1. The van der Waals surface area contributed by atoms with Crippen molar-refractivity contribution >= 4 is 15.9 Å². The Hall–Kier alpha value is -1.02. The van der Waals surface area contributed by atoms with Crippen LogP contribution in [-0.2, 0) is 0 Å². The van der Waals surface area contributed by atoms with Gasteiger partial charge in [0.25, 0.3) is 0 Å². The molecule has 1 aromatic carbocycles. The summed E-state index contributed by atoms with van der Waals surface area (Å²) in [5.74, 6) is 3.58. The van der Waals surface area contributed by atoms with E-state index in [2.05, 4.69) is 34.1 Å². The van der Waals surface area contributed by atoms with Crippen LogP contribution in [0.15, 0.2) is 22.7 Å². The maximum Gasteiger partial charge on any atom is 0.133 e. The molecule has 3 N–H and O–H groups in total. The molecule has 0 amide bonds. The number of ether oxygens (including phenoxy) is 1. The predicted molar refractivity (Wildman–Crippen MR) is 83.2 cm³/mol. The third-order valence-corrected chi connectivity index (χ3v) is 3.61. The van der Waals surface area contributed by atoms with Crippen LogP contribution in [0.3, 0.4) is 0 Å². The van der Waals surface area contributed by atoms with Crippen LogP contribution in [0.5, 0.6) is 5.75 Å². The fraction of sp³-hybridized carbons (Fsp3) is 0.467. The first-order valence-electron chi connectivity index (χ1n) is 6.41. The van der Waals surface area contributed by atoms with Crippen molar-refractivity contribution in [3.05, 3.63) is 28.2 Å². The monoisotopic (exact) mass is 324 g/mol. The fourth-order valence-corrected chi connectivity index (χ4v) is 2.50. The van der Waals surface area contributed by atoms with E-state index in [1.807, 2.05) is 18.2 Å². The molecule has 0 aliphatic rings. The lowest BCUT2D eigenvalue weighted by Gasteiger charge is -2.22. The SMILES string of the molecule is C#CC(CCC)NC(CN)c1ccc(OC)c(Br)c1. The second kappa shape index (κ2) is 8.21. The van der Waals surface area contributed by atoms with Gasteiger partial charge in [-0.25, -0.2) is 0 Å². The van der Waals surface area contributed by atoms with Crippen LogP contribution >= 0.6 is 15.9 Å². The lowest BCUT2D eigenvalue weighted by Crippen LogP contribution is -2.35. The molecule has 0 radical (unpaired) electrons. The van der Waals surface area contributed by atoms with Crippen LogP contribution in [-0.4, -0.2) is 19.7 Å².